The van der Waals surface area contributed by atoms with E-state index in [2.05, 4.69) is 6.58 Å². The van der Waals surface area contributed by atoms with Crippen LogP contribution in [0.4, 0.5) is 13.2 Å². The molecule has 0 aliphatic heterocycles. The number of nitrogens with zero attached hydrogens (tertiary/aromatic N) is 1. The molecule has 0 aliphatic carbocycles. The van der Waals surface area contributed by atoms with Gasteiger partial charge in [-0.3, -0.25) is 0 Å². The lowest BCUT2D eigenvalue weighted by Crippen LogP contribution is -2.26. The van der Waals surface area contributed by atoms with Crippen LogP contribution in [0.1, 0.15) is 13.3 Å². The minimum Gasteiger partial charge on any atom is -0.379 e. The first kappa shape index (κ1) is 13.0. The van der Waals surface area contributed by atoms with E-state index < -0.39 is 18.7 Å². The SMILES string of the molecule is C=C(C)CCOCC(C#N)C(F)(F)F. The third kappa shape index (κ3) is 5.60. The average molecular weight is 207 g/mol. The van der Waals surface area contributed by atoms with Gasteiger partial charge in [-0.25, -0.2) is 0 Å². The highest BCUT2D eigenvalue weighted by molar-refractivity contribution is 4.89. The lowest BCUT2D eigenvalue weighted by Gasteiger charge is -2.13. The summed E-state index contributed by atoms with van der Waals surface area (Å²) in [6.07, 6.45) is -3.99. The fourth-order valence-electron chi connectivity index (χ4n) is 0.653. The molecule has 14 heavy (non-hydrogen) atoms. The van der Waals surface area contributed by atoms with Crippen LogP contribution in [0.5, 0.6) is 0 Å². The summed E-state index contributed by atoms with van der Waals surface area (Å²) in [6.45, 7) is 4.90. The molecule has 1 unspecified atom stereocenters. The molecule has 0 spiro atoms. The molecule has 0 aromatic heterocycles. The molecule has 0 saturated heterocycles. The minimum absolute atomic E-state index is 0.170. The van der Waals surface area contributed by atoms with Gasteiger partial charge in [0.15, 0.2) is 5.92 Å². The van der Waals surface area contributed by atoms with Crippen LogP contribution in [0, 0.1) is 17.2 Å². The number of hydrogen-bond acceptors (Lipinski definition) is 2. The van der Waals surface area contributed by atoms with Crippen LogP contribution in [-0.2, 0) is 4.74 Å². The fourth-order valence-corrected chi connectivity index (χ4v) is 0.653. The number of ether oxygens (including phenoxy) is 1. The minimum atomic E-state index is -4.50. The quantitative estimate of drug-likeness (QED) is 0.513. The van der Waals surface area contributed by atoms with Gasteiger partial charge in [-0.05, 0) is 13.3 Å². The van der Waals surface area contributed by atoms with Crippen molar-refractivity contribution in [3.8, 4) is 6.07 Å². The zero-order chi connectivity index (χ0) is 11.2. The summed E-state index contributed by atoms with van der Waals surface area (Å²) in [5.74, 6) is -2.03. The second kappa shape index (κ2) is 5.66. The van der Waals surface area contributed by atoms with E-state index in [-0.39, 0.29) is 6.61 Å². The van der Waals surface area contributed by atoms with Gasteiger partial charge < -0.3 is 4.74 Å². The molecule has 80 valence electrons. The highest BCUT2D eigenvalue weighted by atomic mass is 19.4. The van der Waals surface area contributed by atoms with Gasteiger partial charge in [0, 0.05) is 0 Å². The highest BCUT2D eigenvalue weighted by Crippen LogP contribution is 2.25. The van der Waals surface area contributed by atoms with E-state index in [1.807, 2.05) is 0 Å². The molecule has 5 heteroatoms. The van der Waals surface area contributed by atoms with E-state index in [4.69, 9.17) is 10.00 Å². The van der Waals surface area contributed by atoms with Crippen LogP contribution in [0.25, 0.3) is 0 Å². The first-order valence-corrected chi connectivity index (χ1v) is 4.06. The van der Waals surface area contributed by atoms with Crippen molar-refractivity contribution >= 4 is 0 Å². The lowest BCUT2D eigenvalue weighted by atomic mass is 10.2. The summed E-state index contributed by atoms with van der Waals surface area (Å²) >= 11 is 0. The van der Waals surface area contributed by atoms with Crippen LogP contribution in [0.15, 0.2) is 12.2 Å². The maximum Gasteiger partial charge on any atom is 0.406 e. The molecule has 0 fully saturated rings. The molecule has 0 rings (SSSR count). The molecule has 2 nitrogen and oxygen atoms in total. The number of hydrogen-bond donors (Lipinski definition) is 0. The second-order valence-corrected chi connectivity index (χ2v) is 3.01. The predicted molar refractivity (Wildman–Crippen MR) is 45.4 cm³/mol. The zero-order valence-corrected chi connectivity index (χ0v) is 7.90. The van der Waals surface area contributed by atoms with Crippen molar-refractivity contribution in [1.82, 2.24) is 0 Å². The second-order valence-electron chi connectivity index (χ2n) is 3.01. The van der Waals surface area contributed by atoms with Crippen LogP contribution >= 0.6 is 0 Å². The van der Waals surface area contributed by atoms with E-state index >= 15 is 0 Å². The van der Waals surface area contributed by atoms with Gasteiger partial charge in [0.2, 0.25) is 0 Å². The Kier molecular flexibility index (Phi) is 5.24. The van der Waals surface area contributed by atoms with Gasteiger partial charge in [-0.2, -0.15) is 18.4 Å². The third-order valence-electron chi connectivity index (χ3n) is 1.51. The first-order valence-electron chi connectivity index (χ1n) is 4.06. The van der Waals surface area contributed by atoms with Crippen molar-refractivity contribution in [2.45, 2.75) is 19.5 Å². The Morgan fingerprint density at radius 2 is 2.14 bits per heavy atom. The van der Waals surface area contributed by atoms with Crippen molar-refractivity contribution in [1.29, 1.82) is 5.26 Å². The van der Waals surface area contributed by atoms with E-state index in [0.29, 0.717) is 6.42 Å². The largest absolute Gasteiger partial charge is 0.406 e. The normalized spacial score (nSPS) is 13.4. The lowest BCUT2D eigenvalue weighted by molar-refractivity contribution is -0.171. The van der Waals surface area contributed by atoms with Gasteiger partial charge in [0.1, 0.15) is 0 Å². The van der Waals surface area contributed by atoms with E-state index in [1.54, 1.807) is 6.92 Å². The molecule has 1 atom stereocenters. The van der Waals surface area contributed by atoms with Crippen molar-refractivity contribution < 1.29 is 17.9 Å². The molecule has 0 aliphatic rings. The smallest absolute Gasteiger partial charge is 0.379 e. The molecule has 0 heterocycles. The monoisotopic (exact) mass is 207 g/mol. The van der Waals surface area contributed by atoms with Gasteiger partial charge in [-0.15, -0.1) is 6.58 Å². The molecule has 0 bridgehead atoms. The highest BCUT2D eigenvalue weighted by Gasteiger charge is 2.39. The maximum absolute atomic E-state index is 12.0. The van der Waals surface area contributed by atoms with Crippen LogP contribution < -0.4 is 0 Å². The first-order chi connectivity index (χ1) is 6.38. The molecule has 0 radical (unpaired) electrons. The number of alkyl halides is 3. The van der Waals surface area contributed by atoms with Gasteiger partial charge in [-0.1, -0.05) is 5.57 Å². The zero-order valence-electron chi connectivity index (χ0n) is 7.90. The van der Waals surface area contributed by atoms with E-state index in [9.17, 15) is 13.2 Å². The van der Waals surface area contributed by atoms with E-state index in [0.717, 1.165) is 11.6 Å². The molecular formula is C9H12F3NO. The van der Waals surface area contributed by atoms with Gasteiger partial charge in [0.25, 0.3) is 0 Å². The van der Waals surface area contributed by atoms with Crippen LogP contribution in [-0.4, -0.2) is 19.4 Å². The van der Waals surface area contributed by atoms with Gasteiger partial charge in [0.05, 0.1) is 19.3 Å². The average Bonchev–Trinajstić information content (AvgIpc) is 2.01. The Balaban J connectivity index is 3.77. The summed E-state index contributed by atoms with van der Waals surface area (Å²) in [7, 11) is 0. The fraction of sp³-hybridized carbons (Fsp3) is 0.667. The molecular weight excluding hydrogens is 195 g/mol. The predicted octanol–water partition coefficient (Wildman–Crippen LogP) is 2.67. The summed E-state index contributed by atoms with van der Waals surface area (Å²) in [4.78, 5) is 0. The molecule has 0 aromatic rings. The van der Waals surface area contributed by atoms with Gasteiger partial charge >= 0.3 is 6.18 Å². The maximum atomic E-state index is 12.0. The molecule has 0 aromatic carbocycles. The van der Waals surface area contributed by atoms with E-state index in [1.165, 1.54) is 0 Å². The third-order valence-corrected chi connectivity index (χ3v) is 1.51. The van der Waals surface area contributed by atoms with Crippen LogP contribution in [0.3, 0.4) is 0 Å². The number of rotatable bonds is 5. The Hall–Kier alpha value is -1.02. The Morgan fingerprint density at radius 3 is 2.50 bits per heavy atom. The van der Waals surface area contributed by atoms with Crippen LogP contribution in [0.2, 0.25) is 0 Å². The molecule has 0 saturated carbocycles. The Labute approximate surface area is 81.0 Å². The summed E-state index contributed by atoms with van der Waals surface area (Å²) in [5, 5.41) is 8.20. The Morgan fingerprint density at radius 1 is 1.57 bits per heavy atom. The Bertz CT molecular complexity index is 229. The van der Waals surface area contributed by atoms with Crippen molar-refractivity contribution in [2.24, 2.45) is 5.92 Å². The molecule has 0 N–H and O–H groups in total. The van der Waals surface area contributed by atoms with Crippen molar-refractivity contribution in [2.75, 3.05) is 13.2 Å². The standard InChI is InChI=1S/C9H12F3NO/c1-7(2)3-4-14-6-8(5-13)9(10,11)12/h8H,1,3-4,6H2,2H3. The summed E-state index contributed by atoms with van der Waals surface area (Å²) < 4.78 is 40.7. The van der Waals surface area contributed by atoms with Crippen molar-refractivity contribution in [3.05, 3.63) is 12.2 Å². The van der Waals surface area contributed by atoms with Crippen molar-refractivity contribution in [3.63, 3.8) is 0 Å². The topological polar surface area (TPSA) is 33.0 Å². The number of halogens is 3. The summed E-state index contributed by atoms with van der Waals surface area (Å²) in [6, 6.07) is 1.16. The summed E-state index contributed by atoms with van der Waals surface area (Å²) in [5.41, 5.74) is 0.838. The molecule has 0 amide bonds. The number of nitriles is 1.